The lowest BCUT2D eigenvalue weighted by Gasteiger charge is -2.41. The van der Waals surface area contributed by atoms with E-state index in [1.54, 1.807) is 0 Å². The molecule has 0 bridgehead atoms. The van der Waals surface area contributed by atoms with E-state index in [4.69, 9.17) is 0 Å². The Hall–Kier alpha value is -0.0800. The van der Waals surface area contributed by atoms with Gasteiger partial charge in [0.25, 0.3) is 0 Å². The molecular formula is C16H34N2. The van der Waals surface area contributed by atoms with E-state index < -0.39 is 0 Å². The minimum Gasteiger partial charge on any atom is -0.315 e. The van der Waals surface area contributed by atoms with Crippen LogP contribution in [-0.4, -0.2) is 36.6 Å². The second-order valence-electron chi connectivity index (χ2n) is 6.16. The molecule has 1 fully saturated rings. The monoisotopic (exact) mass is 254 g/mol. The second-order valence-corrected chi connectivity index (χ2v) is 6.16. The molecule has 0 radical (unpaired) electrons. The Kier molecular flexibility index (Phi) is 7.92. The van der Waals surface area contributed by atoms with Gasteiger partial charge in [0.05, 0.1) is 0 Å². The third-order valence-corrected chi connectivity index (χ3v) is 4.57. The topological polar surface area (TPSA) is 15.3 Å². The second kappa shape index (κ2) is 8.92. The number of nitrogens with one attached hydrogen (secondary N) is 1. The van der Waals surface area contributed by atoms with E-state index in [1.807, 2.05) is 0 Å². The zero-order valence-corrected chi connectivity index (χ0v) is 13.0. The van der Waals surface area contributed by atoms with Gasteiger partial charge in [-0.1, -0.05) is 33.1 Å². The Bertz CT molecular complexity index is 205. The summed E-state index contributed by atoms with van der Waals surface area (Å²) in [5.74, 6) is 0.934. The van der Waals surface area contributed by atoms with Crippen LogP contribution >= 0.6 is 0 Å². The normalized spacial score (nSPS) is 27.3. The van der Waals surface area contributed by atoms with Gasteiger partial charge in [-0.2, -0.15) is 0 Å². The summed E-state index contributed by atoms with van der Waals surface area (Å²) in [6.45, 7) is 13.1. The van der Waals surface area contributed by atoms with E-state index in [-0.39, 0.29) is 0 Å². The molecule has 3 atom stereocenters. The van der Waals surface area contributed by atoms with Crippen molar-refractivity contribution < 1.29 is 0 Å². The molecule has 2 nitrogen and oxygen atoms in total. The standard InChI is InChI=1S/C16H34N2/c1-5-7-8-11-17-12-15(4)18-13-16(6-2)10-9-14(18)3/h14-17H,5-13H2,1-4H3. The Morgan fingerprint density at radius 1 is 1.22 bits per heavy atom. The van der Waals surface area contributed by atoms with Crippen LogP contribution in [0.5, 0.6) is 0 Å². The molecule has 0 spiro atoms. The van der Waals surface area contributed by atoms with Gasteiger partial charge in [-0.3, -0.25) is 4.90 Å². The highest BCUT2D eigenvalue weighted by atomic mass is 15.2. The van der Waals surface area contributed by atoms with Crippen LogP contribution < -0.4 is 5.32 Å². The summed E-state index contributed by atoms with van der Waals surface area (Å²) in [4.78, 5) is 2.73. The molecule has 0 saturated carbocycles. The van der Waals surface area contributed by atoms with Gasteiger partial charge in [0, 0.05) is 25.2 Å². The quantitative estimate of drug-likeness (QED) is 0.665. The van der Waals surface area contributed by atoms with Crippen LogP contribution in [0.3, 0.4) is 0 Å². The lowest BCUT2D eigenvalue weighted by Crippen LogP contribution is -2.50. The zero-order chi connectivity index (χ0) is 13.4. The van der Waals surface area contributed by atoms with Crippen molar-refractivity contribution in [2.45, 2.75) is 78.3 Å². The first-order valence-corrected chi connectivity index (χ1v) is 8.15. The highest BCUT2D eigenvalue weighted by Crippen LogP contribution is 2.25. The first-order chi connectivity index (χ1) is 8.69. The Labute approximate surface area is 115 Å². The molecule has 108 valence electrons. The minimum absolute atomic E-state index is 0.691. The van der Waals surface area contributed by atoms with E-state index in [2.05, 4.69) is 37.9 Å². The summed E-state index contributed by atoms with van der Waals surface area (Å²) in [6.07, 6.45) is 8.18. The van der Waals surface area contributed by atoms with Crippen LogP contribution in [-0.2, 0) is 0 Å². The van der Waals surface area contributed by atoms with Crippen LogP contribution in [0.2, 0.25) is 0 Å². The number of likely N-dealkylation sites (tertiary alicyclic amines) is 1. The van der Waals surface area contributed by atoms with Gasteiger partial charge in [0.15, 0.2) is 0 Å². The number of piperidine rings is 1. The van der Waals surface area contributed by atoms with Crippen LogP contribution in [0.15, 0.2) is 0 Å². The average molecular weight is 254 g/mol. The van der Waals surface area contributed by atoms with E-state index in [0.717, 1.165) is 18.5 Å². The summed E-state index contributed by atoms with van der Waals surface area (Å²) in [5.41, 5.74) is 0. The maximum atomic E-state index is 3.63. The molecule has 18 heavy (non-hydrogen) atoms. The van der Waals surface area contributed by atoms with Crippen molar-refractivity contribution >= 4 is 0 Å². The predicted molar refractivity (Wildman–Crippen MR) is 81.0 cm³/mol. The highest BCUT2D eigenvalue weighted by molar-refractivity contribution is 4.82. The third-order valence-electron chi connectivity index (χ3n) is 4.57. The molecule has 1 aliphatic rings. The van der Waals surface area contributed by atoms with E-state index in [0.29, 0.717) is 6.04 Å². The van der Waals surface area contributed by atoms with E-state index >= 15 is 0 Å². The Morgan fingerprint density at radius 2 is 2.00 bits per heavy atom. The summed E-state index contributed by atoms with van der Waals surface area (Å²) >= 11 is 0. The van der Waals surface area contributed by atoms with Crippen molar-refractivity contribution in [1.29, 1.82) is 0 Å². The van der Waals surface area contributed by atoms with Crippen molar-refractivity contribution in [3.8, 4) is 0 Å². The predicted octanol–water partition coefficient (Wildman–Crippen LogP) is 3.67. The Balaban J connectivity index is 2.23. The van der Waals surface area contributed by atoms with Crippen molar-refractivity contribution in [3.05, 3.63) is 0 Å². The molecule has 1 heterocycles. The van der Waals surface area contributed by atoms with Gasteiger partial charge in [-0.15, -0.1) is 0 Å². The van der Waals surface area contributed by atoms with Crippen LogP contribution in [0.1, 0.15) is 66.2 Å². The van der Waals surface area contributed by atoms with E-state index in [1.165, 1.54) is 51.6 Å². The summed E-state index contributed by atoms with van der Waals surface area (Å²) < 4.78 is 0. The van der Waals surface area contributed by atoms with Crippen molar-refractivity contribution in [2.75, 3.05) is 19.6 Å². The summed E-state index contributed by atoms with van der Waals surface area (Å²) in [5, 5.41) is 3.63. The average Bonchev–Trinajstić information content (AvgIpc) is 2.39. The number of nitrogens with zero attached hydrogens (tertiary/aromatic N) is 1. The molecule has 1 rings (SSSR count). The van der Waals surface area contributed by atoms with Gasteiger partial charge < -0.3 is 5.32 Å². The van der Waals surface area contributed by atoms with Gasteiger partial charge in [0.2, 0.25) is 0 Å². The fourth-order valence-corrected chi connectivity index (χ4v) is 3.09. The number of hydrogen-bond acceptors (Lipinski definition) is 2. The molecule has 1 N–H and O–H groups in total. The van der Waals surface area contributed by atoms with Crippen molar-refractivity contribution in [1.82, 2.24) is 10.2 Å². The van der Waals surface area contributed by atoms with Crippen LogP contribution in [0.25, 0.3) is 0 Å². The number of unbranched alkanes of at least 4 members (excludes halogenated alkanes) is 2. The molecule has 0 aliphatic carbocycles. The van der Waals surface area contributed by atoms with Crippen LogP contribution in [0.4, 0.5) is 0 Å². The van der Waals surface area contributed by atoms with E-state index in [9.17, 15) is 0 Å². The van der Waals surface area contributed by atoms with Crippen LogP contribution in [0, 0.1) is 5.92 Å². The fraction of sp³-hybridized carbons (Fsp3) is 1.00. The molecule has 0 aromatic rings. The van der Waals surface area contributed by atoms with Gasteiger partial charge in [-0.25, -0.2) is 0 Å². The van der Waals surface area contributed by atoms with Crippen molar-refractivity contribution in [3.63, 3.8) is 0 Å². The first-order valence-electron chi connectivity index (χ1n) is 8.15. The summed E-state index contributed by atoms with van der Waals surface area (Å²) in [6, 6.07) is 1.47. The summed E-state index contributed by atoms with van der Waals surface area (Å²) in [7, 11) is 0. The van der Waals surface area contributed by atoms with Gasteiger partial charge in [-0.05, 0) is 45.6 Å². The maximum Gasteiger partial charge on any atom is 0.0195 e. The fourth-order valence-electron chi connectivity index (χ4n) is 3.09. The molecule has 3 unspecified atom stereocenters. The van der Waals surface area contributed by atoms with Gasteiger partial charge in [0.1, 0.15) is 0 Å². The first kappa shape index (κ1) is 16.0. The highest BCUT2D eigenvalue weighted by Gasteiger charge is 2.27. The van der Waals surface area contributed by atoms with Crippen molar-refractivity contribution in [2.24, 2.45) is 5.92 Å². The zero-order valence-electron chi connectivity index (χ0n) is 13.0. The molecule has 1 saturated heterocycles. The number of rotatable bonds is 8. The Morgan fingerprint density at radius 3 is 2.67 bits per heavy atom. The molecule has 0 aromatic heterocycles. The molecule has 2 heteroatoms. The minimum atomic E-state index is 0.691. The lowest BCUT2D eigenvalue weighted by atomic mass is 9.90. The van der Waals surface area contributed by atoms with Gasteiger partial charge >= 0.3 is 0 Å². The molecule has 0 amide bonds. The lowest BCUT2D eigenvalue weighted by molar-refractivity contribution is 0.0771. The number of hydrogen-bond donors (Lipinski definition) is 1. The SMILES string of the molecule is CCCCCNCC(C)N1CC(CC)CCC1C. The largest absolute Gasteiger partial charge is 0.315 e. The molecule has 1 aliphatic heterocycles. The third kappa shape index (κ3) is 5.27. The molecule has 0 aromatic carbocycles. The molecular weight excluding hydrogens is 220 g/mol. The smallest absolute Gasteiger partial charge is 0.0195 e. The maximum absolute atomic E-state index is 3.63.